The number of hydrogen-bond donors (Lipinski definition) is 1. The summed E-state index contributed by atoms with van der Waals surface area (Å²) in [4.78, 5) is 10.8. The molecule has 13 heavy (non-hydrogen) atoms. The Morgan fingerprint density at radius 3 is 2.92 bits per heavy atom. The lowest BCUT2D eigenvalue weighted by molar-refractivity contribution is -0.131. The molecule has 1 aromatic rings. The number of carbonyl (C=O) groups is 1. The Hall–Kier alpha value is -1.29. The van der Waals surface area contributed by atoms with Gasteiger partial charge in [-0.2, -0.15) is 0 Å². The summed E-state index contributed by atoms with van der Waals surface area (Å²) in [5.74, 6) is -1.34. The number of rotatable bonds is 3. The Kier molecular flexibility index (Phi) is 3.52. The second kappa shape index (κ2) is 4.67. The molecular weight excluding hydrogens is 191 g/mol. The predicted octanol–water partition coefficient (Wildman–Crippen LogP) is 2.52. The zero-order valence-electron chi connectivity index (χ0n) is 6.61. The minimum Gasteiger partial charge on any atom is -0.478 e. The van der Waals surface area contributed by atoms with Crippen LogP contribution in [0, 0.1) is 5.82 Å². The van der Waals surface area contributed by atoms with Crippen LogP contribution >= 0.6 is 11.8 Å². The summed E-state index contributed by atoms with van der Waals surface area (Å²) >= 11 is 1.16. The average molecular weight is 198 g/mol. The van der Waals surface area contributed by atoms with Gasteiger partial charge in [0.15, 0.2) is 0 Å². The van der Waals surface area contributed by atoms with Gasteiger partial charge in [0.25, 0.3) is 0 Å². The van der Waals surface area contributed by atoms with Crippen molar-refractivity contribution < 1.29 is 14.3 Å². The van der Waals surface area contributed by atoms with Gasteiger partial charge in [-0.15, -0.1) is 0 Å². The summed E-state index contributed by atoms with van der Waals surface area (Å²) in [5, 5.41) is 9.67. The van der Waals surface area contributed by atoms with E-state index < -0.39 is 5.97 Å². The van der Waals surface area contributed by atoms with E-state index in [-0.39, 0.29) is 5.82 Å². The maximum atomic E-state index is 12.6. The lowest BCUT2D eigenvalue weighted by Crippen LogP contribution is -1.84. The van der Waals surface area contributed by atoms with Crippen molar-refractivity contribution in [1.82, 2.24) is 0 Å². The van der Waals surface area contributed by atoms with Gasteiger partial charge in [0, 0.05) is 11.0 Å². The molecule has 2 nitrogen and oxygen atoms in total. The zero-order chi connectivity index (χ0) is 9.68. The van der Waals surface area contributed by atoms with Gasteiger partial charge in [-0.25, -0.2) is 9.18 Å². The molecule has 0 bridgehead atoms. The molecule has 1 N–H and O–H groups in total. The summed E-state index contributed by atoms with van der Waals surface area (Å²) in [7, 11) is 0. The SMILES string of the molecule is O=C(O)/C=C/Sc1cccc(F)c1. The molecule has 1 rings (SSSR count). The van der Waals surface area contributed by atoms with Crippen LogP contribution in [0.1, 0.15) is 0 Å². The maximum Gasteiger partial charge on any atom is 0.328 e. The molecular formula is C9H7FO2S. The molecule has 1 aromatic carbocycles. The van der Waals surface area contributed by atoms with Crippen LogP contribution in [0.3, 0.4) is 0 Å². The number of carboxylic acids is 1. The normalized spacial score (nSPS) is 10.5. The molecule has 0 spiro atoms. The summed E-state index contributed by atoms with van der Waals surface area (Å²) in [5.41, 5.74) is 0. The van der Waals surface area contributed by atoms with Gasteiger partial charge in [0.1, 0.15) is 5.82 Å². The van der Waals surface area contributed by atoms with Crippen molar-refractivity contribution >= 4 is 17.7 Å². The maximum absolute atomic E-state index is 12.6. The van der Waals surface area contributed by atoms with E-state index in [0.717, 1.165) is 17.8 Å². The van der Waals surface area contributed by atoms with Gasteiger partial charge in [-0.05, 0) is 23.6 Å². The highest BCUT2D eigenvalue weighted by molar-refractivity contribution is 8.02. The number of halogens is 1. The highest BCUT2D eigenvalue weighted by atomic mass is 32.2. The van der Waals surface area contributed by atoms with Crippen LogP contribution in [0.2, 0.25) is 0 Å². The van der Waals surface area contributed by atoms with Crippen molar-refractivity contribution in [3.05, 3.63) is 41.6 Å². The van der Waals surface area contributed by atoms with E-state index in [9.17, 15) is 9.18 Å². The van der Waals surface area contributed by atoms with Crippen molar-refractivity contribution in [1.29, 1.82) is 0 Å². The van der Waals surface area contributed by atoms with Gasteiger partial charge in [-0.1, -0.05) is 17.8 Å². The van der Waals surface area contributed by atoms with E-state index in [0.29, 0.717) is 4.90 Å². The summed E-state index contributed by atoms with van der Waals surface area (Å²) in [6, 6.07) is 5.97. The fourth-order valence-corrected chi connectivity index (χ4v) is 1.39. The van der Waals surface area contributed by atoms with E-state index in [4.69, 9.17) is 5.11 Å². The Balaban J connectivity index is 2.59. The molecule has 0 aliphatic heterocycles. The molecule has 0 saturated heterocycles. The zero-order valence-corrected chi connectivity index (χ0v) is 7.42. The molecule has 4 heteroatoms. The van der Waals surface area contributed by atoms with Crippen LogP contribution in [0.15, 0.2) is 40.6 Å². The van der Waals surface area contributed by atoms with Crippen molar-refractivity contribution in [2.45, 2.75) is 4.90 Å². The van der Waals surface area contributed by atoms with Gasteiger partial charge >= 0.3 is 5.97 Å². The van der Waals surface area contributed by atoms with Crippen molar-refractivity contribution in [2.75, 3.05) is 0 Å². The molecule has 68 valence electrons. The first-order valence-electron chi connectivity index (χ1n) is 3.50. The van der Waals surface area contributed by atoms with Gasteiger partial charge in [0.05, 0.1) is 0 Å². The van der Waals surface area contributed by atoms with Gasteiger partial charge in [-0.3, -0.25) is 0 Å². The van der Waals surface area contributed by atoms with E-state index in [1.807, 2.05) is 0 Å². The Morgan fingerprint density at radius 1 is 1.54 bits per heavy atom. The summed E-state index contributed by atoms with van der Waals surface area (Å²) in [6.07, 6.45) is 1.01. The molecule has 0 aliphatic carbocycles. The molecule has 0 saturated carbocycles. The monoisotopic (exact) mass is 198 g/mol. The van der Waals surface area contributed by atoms with Crippen LogP contribution in [-0.4, -0.2) is 11.1 Å². The van der Waals surface area contributed by atoms with Crippen LogP contribution in [0.5, 0.6) is 0 Å². The summed E-state index contributed by atoms with van der Waals surface area (Å²) < 4.78 is 12.6. The minimum absolute atomic E-state index is 0.325. The molecule has 0 aliphatic rings. The van der Waals surface area contributed by atoms with E-state index in [2.05, 4.69) is 0 Å². The standard InChI is InChI=1S/C9H7FO2S/c10-7-2-1-3-8(6-7)13-5-4-9(11)12/h1-6H,(H,11,12)/b5-4+. The number of thioether (sulfide) groups is 1. The highest BCUT2D eigenvalue weighted by Crippen LogP contribution is 2.19. The topological polar surface area (TPSA) is 37.3 Å². The smallest absolute Gasteiger partial charge is 0.328 e. The molecule has 0 heterocycles. The molecule has 0 unspecified atom stereocenters. The highest BCUT2D eigenvalue weighted by Gasteiger charge is 1.93. The van der Waals surface area contributed by atoms with Crippen molar-refractivity contribution in [3.8, 4) is 0 Å². The molecule has 0 fully saturated rings. The summed E-state index contributed by atoms with van der Waals surface area (Å²) in [6.45, 7) is 0. The fourth-order valence-electron chi connectivity index (χ4n) is 0.711. The number of benzene rings is 1. The first-order valence-corrected chi connectivity index (χ1v) is 4.38. The van der Waals surface area contributed by atoms with Crippen molar-refractivity contribution in [2.24, 2.45) is 0 Å². The molecule has 0 amide bonds. The largest absolute Gasteiger partial charge is 0.478 e. The third-order valence-corrected chi connectivity index (χ3v) is 2.01. The molecule has 0 aromatic heterocycles. The van der Waals surface area contributed by atoms with Crippen molar-refractivity contribution in [3.63, 3.8) is 0 Å². The Morgan fingerprint density at radius 2 is 2.31 bits per heavy atom. The van der Waals surface area contributed by atoms with Crippen LogP contribution < -0.4 is 0 Å². The van der Waals surface area contributed by atoms with Gasteiger partial charge in [0.2, 0.25) is 0 Å². The molecule has 0 radical (unpaired) electrons. The van der Waals surface area contributed by atoms with E-state index in [1.54, 1.807) is 12.1 Å². The predicted molar refractivity (Wildman–Crippen MR) is 49.0 cm³/mol. The van der Waals surface area contributed by atoms with Gasteiger partial charge < -0.3 is 5.11 Å². The lowest BCUT2D eigenvalue weighted by atomic mass is 10.4. The minimum atomic E-state index is -1.01. The third-order valence-electron chi connectivity index (χ3n) is 1.21. The lowest BCUT2D eigenvalue weighted by Gasteiger charge is -1.94. The number of aliphatic carboxylic acids is 1. The van der Waals surface area contributed by atoms with Crippen LogP contribution in [-0.2, 0) is 4.79 Å². The average Bonchev–Trinajstić information content (AvgIpc) is 2.03. The first kappa shape index (κ1) is 9.80. The number of hydrogen-bond acceptors (Lipinski definition) is 2. The quantitative estimate of drug-likeness (QED) is 0.599. The second-order valence-corrected chi connectivity index (χ2v) is 3.20. The fraction of sp³-hybridized carbons (Fsp3) is 0. The Labute approximate surface area is 79.1 Å². The van der Waals surface area contributed by atoms with E-state index >= 15 is 0 Å². The molecule has 0 atom stereocenters. The Bertz CT molecular complexity index is 336. The second-order valence-electron chi connectivity index (χ2n) is 2.22. The third kappa shape index (κ3) is 3.75. The van der Waals surface area contributed by atoms with Crippen LogP contribution in [0.25, 0.3) is 0 Å². The number of carboxylic acid groups (broad SMARTS) is 1. The van der Waals surface area contributed by atoms with E-state index in [1.165, 1.54) is 17.5 Å². The first-order chi connectivity index (χ1) is 6.18. The van der Waals surface area contributed by atoms with Crippen LogP contribution in [0.4, 0.5) is 4.39 Å².